The summed E-state index contributed by atoms with van der Waals surface area (Å²) in [4.78, 5) is 4.31. The van der Waals surface area contributed by atoms with Crippen molar-refractivity contribution < 1.29 is 4.74 Å². The van der Waals surface area contributed by atoms with Gasteiger partial charge >= 0.3 is 0 Å². The van der Waals surface area contributed by atoms with Gasteiger partial charge in [0.2, 0.25) is 5.95 Å². The fourth-order valence-corrected chi connectivity index (χ4v) is 2.21. The number of hydrogen-bond acceptors (Lipinski definition) is 3. The monoisotopic (exact) mass is 309 g/mol. The highest BCUT2D eigenvalue weighted by atomic mass is 79.9. The molecular weight excluding hydrogens is 294 g/mol. The van der Waals surface area contributed by atoms with Crippen LogP contribution in [0, 0.1) is 0 Å². The van der Waals surface area contributed by atoms with Crippen LogP contribution in [-0.2, 0) is 6.54 Å². The number of imidazole rings is 1. The van der Waals surface area contributed by atoms with Gasteiger partial charge < -0.3 is 14.6 Å². The highest BCUT2D eigenvalue weighted by Gasteiger charge is 2.04. The van der Waals surface area contributed by atoms with Crippen molar-refractivity contribution in [3.63, 3.8) is 0 Å². The molecule has 1 aromatic carbocycles. The molecule has 5 heteroatoms. The zero-order valence-electron chi connectivity index (χ0n) is 10.5. The summed E-state index contributed by atoms with van der Waals surface area (Å²) in [5.41, 5.74) is 0.949. The minimum atomic E-state index is 0.806. The molecule has 1 heterocycles. The van der Waals surface area contributed by atoms with Gasteiger partial charge in [-0.3, -0.25) is 0 Å². The number of halogens is 1. The van der Waals surface area contributed by atoms with Crippen LogP contribution in [0.25, 0.3) is 0 Å². The zero-order valence-corrected chi connectivity index (χ0v) is 12.1. The van der Waals surface area contributed by atoms with Crippen molar-refractivity contribution in [2.75, 3.05) is 12.4 Å². The van der Waals surface area contributed by atoms with Gasteiger partial charge in [0.1, 0.15) is 5.75 Å². The third kappa shape index (κ3) is 3.04. The summed E-state index contributed by atoms with van der Waals surface area (Å²) in [5, 5.41) is 3.29. The van der Waals surface area contributed by atoms with Gasteiger partial charge in [-0.05, 0) is 18.6 Å². The van der Waals surface area contributed by atoms with Crippen molar-refractivity contribution in [2.45, 2.75) is 19.9 Å². The lowest BCUT2D eigenvalue weighted by Gasteiger charge is -2.10. The molecule has 0 spiro atoms. The number of methoxy groups -OCH3 is 1. The molecule has 0 bridgehead atoms. The smallest absolute Gasteiger partial charge is 0.207 e. The number of aromatic nitrogens is 2. The van der Waals surface area contributed by atoms with E-state index in [0.29, 0.717) is 0 Å². The maximum absolute atomic E-state index is 5.24. The van der Waals surface area contributed by atoms with Crippen LogP contribution in [0.1, 0.15) is 13.3 Å². The van der Waals surface area contributed by atoms with Crippen LogP contribution >= 0.6 is 15.9 Å². The van der Waals surface area contributed by atoms with Crippen molar-refractivity contribution in [3.05, 3.63) is 35.1 Å². The molecule has 0 saturated heterocycles. The van der Waals surface area contributed by atoms with E-state index in [1.165, 1.54) is 0 Å². The number of nitrogens with one attached hydrogen (secondary N) is 1. The van der Waals surface area contributed by atoms with E-state index in [1.54, 1.807) is 13.3 Å². The Hall–Kier alpha value is -1.49. The summed E-state index contributed by atoms with van der Waals surface area (Å²) in [5.74, 6) is 1.65. The van der Waals surface area contributed by atoms with E-state index >= 15 is 0 Å². The van der Waals surface area contributed by atoms with Gasteiger partial charge in [0.25, 0.3) is 0 Å². The van der Waals surface area contributed by atoms with Crippen molar-refractivity contribution >= 4 is 27.6 Å². The maximum atomic E-state index is 5.24. The van der Waals surface area contributed by atoms with Gasteiger partial charge in [-0.2, -0.15) is 0 Å². The van der Waals surface area contributed by atoms with Gasteiger partial charge in [-0.15, -0.1) is 0 Å². The zero-order chi connectivity index (χ0) is 13.0. The maximum Gasteiger partial charge on any atom is 0.207 e. The minimum Gasteiger partial charge on any atom is -0.497 e. The third-order valence-electron chi connectivity index (χ3n) is 2.54. The van der Waals surface area contributed by atoms with Crippen LogP contribution < -0.4 is 10.1 Å². The SMILES string of the molecule is CCCn1ccnc1Nc1cc(Br)cc(OC)c1. The molecule has 0 aliphatic rings. The normalized spacial score (nSPS) is 10.4. The molecule has 0 amide bonds. The lowest BCUT2D eigenvalue weighted by atomic mass is 10.3. The second-order valence-corrected chi connectivity index (χ2v) is 4.86. The Balaban J connectivity index is 2.22. The molecule has 1 aromatic heterocycles. The van der Waals surface area contributed by atoms with E-state index in [2.05, 4.69) is 37.7 Å². The Kier molecular flexibility index (Phi) is 4.25. The first kappa shape index (κ1) is 13.0. The van der Waals surface area contributed by atoms with Crippen LogP contribution in [0.4, 0.5) is 11.6 Å². The summed E-state index contributed by atoms with van der Waals surface area (Å²) < 4.78 is 8.30. The minimum absolute atomic E-state index is 0.806. The molecular formula is C13H16BrN3O. The summed E-state index contributed by atoms with van der Waals surface area (Å²) in [6.07, 6.45) is 4.85. The number of ether oxygens (including phenoxy) is 1. The van der Waals surface area contributed by atoms with Crippen LogP contribution in [0.15, 0.2) is 35.1 Å². The van der Waals surface area contributed by atoms with E-state index < -0.39 is 0 Å². The summed E-state index contributed by atoms with van der Waals surface area (Å²) in [6, 6.07) is 5.85. The average molecular weight is 310 g/mol. The molecule has 2 rings (SSSR count). The number of rotatable bonds is 5. The molecule has 0 aliphatic carbocycles. The van der Waals surface area contributed by atoms with Crippen molar-refractivity contribution in [2.24, 2.45) is 0 Å². The highest BCUT2D eigenvalue weighted by Crippen LogP contribution is 2.26. The number of nitrogens with zero attached hydrogens (tertiary/aromatic N) is 2. The van der Waals surface area contributed by atoms with Crippen LogP contribution in [0.2, 0.25) is 0 Å². The van der Waals surface area contributed by atoms with E-state index in [4.69, 9.17) is 4.74 Å². The molecule has 0 unspecified atom stereocenters. The molecule has 0 aliphatic heterocycles. The van der Waals surface area contributed by atoms with Crippen molar-refractivity contribution in [3.8, 4) is 5.75 Å². The molecule has 18 heavy (non-hydrogen) atoms. The van der Waals surface area contributed by atoms with E-state index in [9.17, 15) is 0 Å². The molecule has 0 radical (unpaired) electrons. The standard InChI is InChI=1S/C13H16BrN3O/c1-3-5-17-6-4-15-13(17)16-11-7-10(14)8-12(9-11)18-2/h4,6-9H,3,5H2,1-2H3,(H,15,16). The van der Waals surface area contributed by atoms with Crippen LogP contribution in [0.5, 0.6) is 5.75 Å². The van der Waals surface area contributed by atoms with Crippen molar-refractivity contribution in [1.29, 1.82) is 0 Å². The lowest BCUT2D eigenvalue weighted by molar-refractivity contribution is 0.415. The number of benzene rings is 1. The fraction of sp³-hybridized carbons (Fsp3) is 0.308. The van der Waals surface area contributed by atoms with Crippen LogP contribution in [0.3, 0.4) is 0 Å². The first-order chi connectivity index (χ1) is 8.72. The predicted octanol–water partition coefficient (Wildman–Crippen LogP) is 3.81. The molecule has 4 nitrogen and oxygen atoms in total. The van der Waals surface area contributed by atoms with E-state index in [0.717, 1.165) is 34.8 Å². The van der Waals surface area contributed by atoms with Gasteiger partial charge in [-0.1, -0.05) is 22.9 Å². The highest BCUT2D eigenvalue weighted by molar-refractivity contribution is 9.10. The first-order valence-electron chi connectivity index (χ1n) is 5.85. The Bertz CT molecular complexity index is 525. The van der Waals surface area contributed by atoms with Crippen molar-refractivity contribution in [1.82, 2.24) is 9.55 Å². The quantitative estimate of drug-likeness (QED) is 0.913. The van der Waals surface area contributed by atoms with Crippen LogP contribution in [-0.4, -0.2) is 16.7 Å². The fourth-order valence-electron chi connectivity index (χ4n) is 1.74. The summed E-state index contributed by atoms with van der Waals surface area (Å²) in [6.45, 7) is 3.10. The molecule has 0 atom stereocenters. The van der Waals surface area contributed by atoms with E-state index in [-0.39, 0.29) is 0 Å². The summed E-state index contributed by atoms with van der Waals surface area (Å²) in [7, 11) is 1.66. The second-order valence-electron chi connectivity index (χ2n) is 3.95. The number of hydrogen-bond donors (Lipinski definition) is 1. The molecule has 1 N–H and O–H groups in total. The first-order valence-corrected chi connectivity index (χ1v) is 6.65. The lowest BCUT2D eigenvalue weighted by Crippen LogP contribution is -2.02. The van der Waals surface area contributed by atoms with Gasteiger partial charge in [0, 0.05) is 35.2 Å². The topological polar surface area (TPSA) is 39.1 Å². The molecule has 0 fully saturated rings. The molecule has 0 saturated carbocycles. The molecule has 2 aromatic rings. The number of anilines is 2. The Morgan fingerprint density at radius 3 is 2.94 bits per heavy atom. The average Bonchev–Trinajstić information content (AvgIpc) is 2.76. The largest absolute Gasteiger partial charge is 0.497 e. The third-order valence-corrected chi connectivity index (χ3v) is 3.00. The Morgan fingerprint density at radius 1 is 1.39 bits per heavy atom. The number of aryl methyl sites for hydroxylation is 1. The predicted molar refractivity (Wildman–Crippen MR) is 76.5 cm³/mol. The summed E-state index contributed by atoms with van der Waals surface area (Å²) >= 11 is 3.46. The van der Waals surface area contributed by atoms with Gasteiger partial charge in [-0.25, -0.2) is 4.98 Å². The van der Waals surface area contributed by atoms with Gasteiger partial charge in [0.15, 0.2) is 0 Å². The second kappa shape index (κ2) is 5.91. The molecule has 96 valence electrons. The van der Waals surface area contributed by atoms with Gasteiger partial charge in [0.05, 0.1) is 7.11 Å². The Morgan fingerprint density at radius 2 is 2.22 bits per heavy atom. The Labute approximate surface area is 115 Å². The van der Waals surface area contributed by atoms with E-state index in [1.807, 2.05) is 24.4 Å².